The standard InChI is InChI=1S/C12H18N2O2/c1-9-4-3-5-10(8-9)14(2)7-6-11(13)12(15)16/h3-5,8,11H,6-7,13H2,1-2H3,(H,15,16). The first kappa shape index (κ1) is 12.5. The van der Waals surface area contributed by atoms with Crippen LogP contribution in [0.2, 0.25) is 0 Å². The van der Waals surface area contributed by atoms with Crippen molar-refractivity contribution >= 4 is 11.7 Å². The van der Waals surface area contributed by atoms with E-state index in [2.05, 4.69) is 6.07 Å². The number of benzene rings is 1. The molecule has 4 nitrogen and oxygen atoms in total. The van der Waals surface area contributed by atoms with Crippen molar-refractivity contribution in [1.29, 1.82) is 0 Å². The molecule has 1 atom stereocenters. The molecule has 1 rings (SSSR count). The van der Waals surface area contributed by atoms with Gasteiger partial charge in [0.05, 0.1) is 0 Å². The molecule has 88 valence electrons. The number of carboxylic acid groups (broad SMARTS) is 1. The Morgan fingerprint density at radius 2 is 2.25 bits per heavy atom. The van der Waals surface area contributed by atoms with Gasteiger partial charge in [-0.1, -0.05) is 12.1 Å². The van der Waals surface area contributed by atoms with Crippen LogP contribution in [0.15, 0.2) is 24.3 Å². The second-order valence-corrected chi connectivity index (χ2v) is 3.99. The molecular weight excluding hydrogens is 204 g/mol. The van der Waals surface area contributed by atoms with Crippen molar-refractivity contribution in [2.75, 3.05) is 18.5 Å². The number of anilines is 1. The van der Waals surface area contributed by atoms with Crippen molar-refractivity contribution in [3.63, 3.8) is 0 Å². The van der Waals surface area contributed by atoms with E-state index in [0.29, 0.717) is 13.0 Å². The highest BCUT2D eigenvalue weighted by molar-refractivity contribution is 5.73. The maximum absolute atomic E-state index is 10.6. The minimum Gasteiger partial charge on any atom is -0.480 e. The van der Waals surface area contributed by atoms with Gasteiger partial charge in [0.15, 0.2) is 0 Å². The van der Waals surface area contributed by atoms with Crippen LogP contribution in [0.1, 0.15) is 12.0 Å². The summed E-state index contributed by atoms with van der Waals surface area (Å²) in [5.74, 6) is -0.947. The van der Waals surface area contributed by atoms with E-state index in [1.54, 1.807) is 0 Å². The third-order valence-electron chi connectivity index (χ3n) is 2.54. The van der Waals surface area contributed by atoms with Gasteiger partial charge >= 0.3 is 5.97 Å². The highest BCUT2D eigenvalue weighted by Crippen LogP contribution is 2.14. The Hall–Kier alpha value is -1.55. The quantitative estimate of drug-likeness (QED) is 0.786. The Bertz CT molecular complexity index is 366. The van der Waals surface area contributed by atoms with Gasteiger partial charge in [-0.25, -0.2) is 0 Å². The molecule has 0 fully saturated rings. The van der Waals surface area contributed by atoms with Crippen LogP contribution >= 0.6 is 0 Å². The zero-order chi connectivity index (χ0) is 12.1. The lowest BCUT2D eigenvalue weighted by Gasteiger charge is -2.20. The Morgan fingerprint density at radius 1 is 1.56 bits per heavy atom. The van der Waals surface area contributed by atoms with Crippen molar-refractivity contribution < 1.29 is 9.90 Å². The Morgan fingerprint density at radius 3 is 2.81 bits per heavy atom. The Labute approximate surface area is 95.7 Å². The molecule has 0 heterocycles. The lowest BCUT2D eigenvalue weighted by atomic mass is 10.2. The van der Waals surface area contributed by atoms with Gasteiger partial charge in [-0.2, -0.15) is 0 Å². The van der Waals surface area contributed by atoms with Crippen LogP contribution in [0.5, 0.6) is 0 Å². The van der Waals surface area contributed by atoms with Crippen LogP contribution in [0.25, 0.3) is 0 Å². The van der Waals surface area contributed by atoms with Crippen LogP contribution in [-0.2, 0) is 4.79 Å². The molecule has 0 aliphatic rings. The molecule has 0 radical (unpaired) electrons. The average Bonchev–Trinajstić information content (AvgIpc) is 2.25. The summed E-state index contributed by atoms with van der Waals surface area (Å²) >= 11 is 0. The summed E-state index contributed by atoms with van der Waals surface area (Å²) in [5.41, 5.74) is 7.71. The van der Waals surface area contributed by atoms with Gasteiger partial charge in [0.25, 0.3) is 0 Å². The predicted molar refractivity (Wildman–Crippen MR) is 64.7 cm³/mol. The van der Waals surface area contributed by atoms with E-state index in [0.717, 1.165) is 5.69 Å². The number of carbonyl (C=O) groups is 1. The summed E-state index contributed by atoms with van der Waals surface area (Å²) in [5, 5.41) is 8.67. The van der Waals surface area contributed by atoms with E-state index in [1.165, 1.54) is 5.56 Å². The second kappa shape index (κ2) is 5.51. The smallest absolute Gasteiger partial charge is 0.320 e. The highest BCUT2D eigenvalue weighted by Gasteiger charge is 2.12. The zero-order valence-electron chi connectivity index (χ0n) is 9.68. The van der Waals surface area contributed by atoms with E-state index in [9.17, 15) is 4.79 Å². The fourth-order valence-electron chi connectivity index (χ4n) is 1.45. The van der Waals surface area contributed by atoms with Gasteiger partial charge in [-0.3, -0.25) is 4.79 Å². The molecule has 1 unspecified atom stereocenters. The fourth-order valence-corrected chi connectivity index (χ4v) is 1.45. The number of aliphatic carboxylic acids is 1. The summed E-state index contributed by atoms with van der Waals surface area (Å²) in [6.07, 6.45) is 0.444. The third-order valence-corrected chi connectivity index (χ3v) is 2.54. The number of nitrogens with two attached hydrogens (primary N) is 1. The first-order valence-corrected chi connectivity index (χ1v) is 5.27. The molecule has 0 spiro atoms. The van der Waals surface area contributed by atoms with Crippen molar-refractivity contribution in [2.45, 2.75) is 19.4 Å². The monoisotopic (exact) mass is 222 g/mol. The SMILES string of the molecule is Cc1cccc(N(C)CCC(N)C(=O)O)c1. The summed E-state index contributed by atoms with van der Waals surface area (Å²) in [6, 6.07) is 7.29. The summed E-state index contributed by atoms with van der Waals surface area (Å²) < 4.78 is 0. The van der Waals surface area contributed by atoms with E-state index < -0.39 is 12.0 Å². The fraction of sp³-hybridized carbons (Fsp3) is 0.417. The van der Waals surface area contributed by atoms with Gasteiger partial charge in [0.2, 0.25) is 0 Å². The zero-order valence-corrected chi connectivity index (χ0v) is 9.68. The van der Waals surface area contributed by atoms with Crippen molar-refractivity contribution in [2.24, 2.45) is 5.73 Å². The Balaban J connectivity index is 2.52. The highest BCUT2D eigenvalue weighted by atomic mass is 16.4. The van der Waals surface area contributed by atoms with E-state index in [1.807, 2.05) is 37.1 Å². The van der Waals surface area contributed by atoms with Gasteiger partial charge in [0.1, 0.15) is 6.04 Å². The normalized spacial score (nSPS) is 12.2. The molecule has 0 aliphatic heterocycles. The molecule has 0 aliphatic carbocycles. The van der Waals surface area contributed by atoms with Gasteiger partial charge < -0.3 is 15.7 Å². The number of rotatable bonds is 5. The average molecular weight is 222 g/mol. The molecule has 16 heavy (non-hydrogen) atoms. The van der Waals surface area contributed by atoms with Crippen LogP contribution in [0.4, 0.5) is 5.69 Å². The first-order valence-electron chi connectivity index (χ1n) is 5.27. The van der Waals surface area contributed by atoms with Crippen molar-refractivity contribution in [1.82, 2.24) is 0 Å². The molecule has 3 N–H and O–H groups in total. The number of hydrogen-bond acceptors (Lipinski definition) is 3. The molecule has 0 saturated heterocycles. The molecule has 4 heteroatoms. The van der Waals surface area contributed by atoms with E-state index >= 15 is 0 Å². The molecule has 0 saturated carbocycles. The maximum Gasteiger partial charge on any atom is 0.320 e. The lowest BCUT2D eigenvalue weighted by molar-refractivity contribution is -0.138. The molecule has 0 amide bonds. The topological polar surface area (TPSA) is 66.6 Å². The first-order chi connectivity index (χ1) is 7.50. The van der Waals surface area contributed by atoms with E-state index in [-0.39, 0.29) is 0 Å². The van der Waals surface area contributed by atoms with Crippen LogP contribution < -0.4 is 10.6 Å². The maximum atomic E-state index is 10.6. The van der Waals surface area contributed by atoms with Crippen LogP contribution in [-0.4, -0.2) is 30.7 Å². The summed E-state index contributed by atoms with van der Waals surface area (Å²) in [6.45, 7) is 2.66. The largest absolute Gasteiger partial charge is 0.480 e. The summed E-state index contributed by atoms with van der Waals surface area (Å²) in [4.78, 5) is 12.6. The minimum atomic E-state index is -0.947. The number of carboxylic acids is 1. The number of nitrogens with zero attached hydrogens (tertiary/aromatic N) is 1. The molecule has 1 aromatic carbocycles. The minimum absolute atomic E-state index is 0.444. The molecule has 1 aromatic rings. The number of aryl methyl sites for hydroxylation is 1. The van der Waals surface area contributed by atoms with Crippen molar-refractivity contribution in [3.8, 4) is 0 Å². The second-order valence-electron chi connectivity index (χ2n) is 3.99. The number of hydrogen-bond donors (Lipinski definition) is 2. The van der Waals surface area contributed by atoms with Gasteiger partial charge in [0, 0.05) is 19.3 Å². The molecular formula is C12H18N2O2. The van der Waals surface area contributed by atoms with Crippen LogP contribution in [0, 0.1) is 6.92 Å². The van der Waals surface area contributed by atoms with Gasteiger partial charge in [-0.05, 0) is 31.0 Å². The predicted octanol–water partition coefficient (Wildman–Crippen LogP) is 1.23. The Kier molecular flexibility index (Phi) is 4.31. The lowest BCUT2D eigenvalue weighted by Crippen LogP contribution is -2.34. The van der Waals surface area contributed by atoms with Crippen molar-refractivity contribution in [3.05, 3.63) is 29.8 Å². The van der Waals surface area contributed by atoms with Crippen LogP contribution in [0.3, 0.4) is 0 Å². The van der Waals surface area contributed by atoms with Gasteiger partial charge in [-0.15, -0.1) is 0 Å². The van der Waals surface area contributed by atoms with E-state index in [4.69, 9.17) is 10.8 Å². The third kappa shape index (κ3) is 3.55. The molecule has 0 aromatic heterocycles. The summed E-state index contributed by atoms with van der Waals surface area (Å²) in [7, 11) is 1.93. The molecule has 0 bridgehead atoms.